The summed E-state index contributed by atoms with van der Waals surface area (Å²) in [6.07, 6.45) is -3.34. The molecule has 1 fully saturated rings. The summed E-state index contributed by atoms with van der Waals surface area (Å²) in [5, 5.41) is 12.9. The predicted octanol–water partition coefficient (Wildman–Crippen LogP) is 1.80. The summed E-state index contributed by atoms with van der Waals surface area (Å²) >= 11 is 2.89. The molecule has 0 saturated carbocycles. The first-order valence-electron chi connectivity index (χ1n) is 9.83. The minimum Gasteiger partial charge on any atom is -0.475 e. The number of halogens is 3. The zero-order valence-corrected chi connectivity index (χ0v) is 19.7. The fourth-order valence-corrected chi connectivity index (χ4v) is 4.54. The minimum atomic E-state index is -5.08. The summed E-state index contributed by atoms with van der Waals surface area (Å²) in [6, 6.07) is 0. The van der Waals surface area contributed by atoms with Crippen molar-refractivity contribution in [2.45, 2.75) is 29.1 Å². The normalized spacial score (nSPS) is 13.7. The Morgan fingerprint density at radius 3 is 2.56 bits per heavy atom. The van der Waals surface area contributed by atoms with Gasteiger partial charge in [-0.2, -0.15) is 18.2 Å². The van der Waals surface area contributed by atoms with Crippen molar-refractivity contribution in [3.63, 3.8) is 0 Å². The molecule has 15 heteroatoms. The maximum absolute atomic E-state index is 13.1. The summed E-state index contributed by atoms with van der Waals surface area (Å²) in [5.74, 6) is 3.97. The molecular formula is C19H20F3N7O3S2. The Kier molecular flexibility index (Phi) is 8.18. The van der Waals surface area contributed by atoms with E-state index in [1.54, 1.807) is 24.7 Å². The first kappa shape index (κ1) is 25.5. The summed E-state index contributed by atoms with van der Waals surface area (Å²) in [5.41, 5.74) is 0.840. The number of nitrogens with zero attached hydrogens (tertiary/aromatic N) is 6. The lowest BCUT2D eigenvalue weighted by atomic mass is 10.4. The summed E-state index contributed by atoms with van der Waals surface area (Å²) in [4.78, 5) is 37.8. The number of aromatic nitrogens is 5. The van der Waals surface area contributed by atoms with Crippen molar-refractivity contribution in [3.8, 4) is 11.8 Å². The number of rotatable bonds is 4. The highest BCUT2D eigenvalue weighted by Crippen LogP contribution is 2.28. The number of aliphatic carboxylic acids is 1. The molecule has 3 aromatic heterocycles. The molecule has 4 heterocycles. The van der Waals surface area contributed by atoms with E-state index in [0.717, 1.165) is 36.5 Å². The van der Waals surface area contributed by atoms with Crippen LogP contribution in [0.25, 0.3) is 11.2 Å². The number of carboxylic acid groups (broad SMARTS) is 1. The van der Waals surface area contributed by atoms with Crippen LogP contribution < -0.4 is 15.8 Å². The number of alkyl halides is 3. The Morgan fingerprint density at radius 1 is 1.32 bits per heavy atom. The highest BCUT2D eigenvalue weighted by atomic mass is 32.2. The number of nitrogens with one attached hydrogen (secondary N) is 1. The Bertz CT molecular complexity index is 1270. The predicted molar refractivity (Wildman–Crippen MR) is 121 cm³/mol. The standard InChI is InChI=1S/C17H19N7OS2.C2HF3O2/c1-3-4-8-24-12-13(20-15(24)23-9-5-18-6-10-23)21-16(22(2)14(12)25)27-17-19-7-11-26-17;3-2(4,5)1(6)7/h7,11,18H,5-6,8-10H2,1-2H3;(H,6,7). The molecule has 2 N–H and O–H groups in total. The van der Waals surface area contributed by atoms with E-state index in [1.807, 2.05) is 9.95 Å². The van der Waals surface area contributed by atoms with Gasteiger partial charge in [0.05, 0.1) is 6.54 Å². The van der Waals surface area contributed by atoms with E-state index in [1.165, 1.54) is 23.1 Å². The number of anilines is 1. The number of thiazole rings is 1. The number of imidazole rings is 1. The largest absolute Gasteiger partial charge is 0.490 e. The van der Waals surface area contributed by atoms with Gasteiger partial charge in [0.2, 0.25) is 5.95 Å². The second kappa shape index (κ2) is 10.9. The number of fused-ring (bicyclic) bond motifs is 1. The third kappa shape index (κ3) is 5.88. The highest BCUT2D eigenvalue weighted by Gasteiger charge is 2.38. The molecule has 3 aromatic rings. The van der Waals surface area contributed by atoms with Crippen LogP contribution in [-0.4, -0.2) is 67.5 Å². The molecule has 1 aliphatic heterocycles. The van der Waals surface area contributed by atoms with E-state index < -0.39 is 12.1 Å². The van der Waals surface area contributed by atoms with Crippen molar-refractivity contribution in [2.24, 2.45) is 7.05 Å². The van der Waals surface area contributed by atoms with Gasteiger partial charge in [0.1, 0.15) is 0 Å². The van der Waals surface area contributed by atoms with Gasteiger partial charge in [-0.3, -0.25) is 13.9 Å². The molecule has 10 nitrogen and oxygen atoms in total. The van der Waals surface area contributed by atoms with Crippen LogP contribution >= 0.6 is 23.1 Å². The number of carbonyl (C=O) groups is 1. The van der Waals surface area contributed by atoms with E-state index in [0.29, 0.717) is 22.9 Å². The van der Waals surface area contributed by atoms with E-state index >= 15 is 0 Å². The fraction of sp³-hybridized carbons (Fsp3) is 0.421. The molecule has 0 radical (unpaired) electrons. The smallest absolute Gasteiger partial charge is 0.475 e. The average molecular weight is 516 g/mol. The average Bonchev–Trinajstić information content (AvgIpc) is 3.44. The van der Waals surface area contributed by atoms with Crippen LogP contribution in [-0.2, 0) is 18.4 Å². The number of hydrogen-bond acceptors (Lipinski definition) is 9. The first-order chi connectivity index (χ1) is 16.1. The van der Waals surface area contributed by atoms with Crippen molar-refractivity contribution in [1.82, 2.24) is 29.4 Å². The fourth-order valence-electron chi connectivity index (χ4n) is 2.97. The molecule has 0 unspecified atom stereocenters. The number of carboxylic acids is 1. The third-order valence-electron chi connectivity index (χ3n) is 4.57. The molecule has 4 rings (SSSR count). The van der Waals surface area contributed by atoms with Crippen LogP contribution in [0, 0.1) is 11.8 Å². The lowest BCUT2D eigenvalue weighted by Crippen LogP contribution is -2.44. The zero-order valence-electron chi connectivity index (χ0n) is 18.1. The lowest BCUT2D eigenvalue weighted by molar-refractivity contribution is -0.192. The second-order valence-electron chi connectivity index (χ2n) is 6.80. The van der Waals surface area contributed by atoms with Gasteiger partial charge >= 0.3 is 12.1 Å². The number of hydrogen-bond donors (Lipinski definition) is 2. The maximum atomic E-state index is 13.1. The molecule has 34 heavy (non-hydrogen) atoms. The molecular weight excluding hydrogens is 495 g/mol. The molecule has 1 saturated heterocycles. The summed E-state index contributed by atoms with van der Waals surface area (Å²) in [7, 11) is 1.73. The minimum absolute atomic E-state index is 0.120. The van der Waals surface area contributed by atoms with Gasteiger partial charge in [0.25, 0.3) is 5.56 Å². The van der Waals surface area contributed by atoms with Crippen molar-refractivity contribution < 1.29 is 23.1 Å². The van der Waals surface area contributed by atoms with Crippen molar-refractivity contribution >= 4 is 46.2 Å². The van der Waals surface area contributed by atoms with Gasteiger partial charge in [0.15, 0.2) is 20.7 Å². The van der Waals surface area contributed by atoms with Crippen molar-refractivity contribution in [3.05, 3.63) is 21.9 Å². The SMILES string of the molecule is CC#CCn1c(N2CCNCC2)nc2nc(Sc3nccs3)n(C)c(=O)c21.O=C(O)C(F)(F)F. The maximum Gasteiger partial charge on any atom is 0.490 e. The van der Waals surface area contributed by atoms with Crippen LogP contribution in [0.1, 0.15) is 6.92 Å². The van der Waals surface area contributed by atoms with Gasteiger partial charge in [-0.15, -0.1) is 17.3 Å². The molecule has 0 aliphatic carbocycles. The van der Waals surface area contributed by atoms with E-state index in [4.69, 9.17) is 14.9 Å². The van der Waals surface area contributed by atoms with Gasteiger partial charge < -0.3 is 15.3 Å². The Balaban J connectivity index is 0.000000406. The Morgan fingerprint density at radius 2 is 2.00 bits per heavy atom. The quantitative estimate of drug-likeness (QED) is 0.396. The van der Waals surface area contributed by atoms with Crippen LogP contribution in [0.2, 0.25) is 0 Å². The summed E-state index contributed by atoms with van der Waals surface area (Å²) < 4.78 is 36.0. The molecule has 1 aliphatic rings. The zero-order chi connectivity index (χ0) is 24.9. The second-order valence-corrected chi connectivity index (χ2v) is 8.90. The molecule has 0 spiro atoms. The highest BCUT2D eigenvalue weighted by molar-refractivity contribution is 8.00. The van der Waals surface area contributed by atoms with E-state index in [2.05, 4.69) is 32.0 Å². The third-order valence-corrected chi connectivity index (χ3v) is 6.50. The summed E-state index contributed by atoms with van der Waals surface area (Å²) in [6.45, 7) is 5.66. The molecule has 0 atom stereocenters. The van der Waals surface area contributed by atoms with Gasteiger partial charge in [-0.05, 0) is 18.7 Å². The van der Waals surface area contributed by atoms with Crippen LogP contribution in [0.4, 0.5) is 19.1 Å². The Hall–Kier alpha value is -3.09. The van der Waals surface area contributed by atoms with Crippen LogP contribution in [0.15, 0.2) is 25.9 Å². The topological polar surface area (TPSA) is 118 Å². The molecule has 0 bridgehead atoms. The van der Waals surface area contributed by atoms with E-state index in [-0.39, 0.29) is 5.56 Å². The monoisotopic (exact) mass is 515 g/mol. The van der Waals surface area contributed by atoms with Crippen molar-refractivity contribution in [2.75, 3.05) is 31.1 Å². The first-order valence-corrected chi connectivity index (χ1v) is 11.5. The lowest BCUT2D eigenvalue weighted by Gasteiger charge is -2.28. The molecule has 182 valence electrons. The molecule has 0 amide bonds. The van der Waals surface area contributed by atoms with E-state index in [9.17, 15) is 18.0 Å². The van der Waals surface area contributed by atoms with Crippen molar-refractivity contribution in [1.29, 1.82) is 0 Å². The van der Waals surface area contributed by atoms with Crippen LogP contribution in [0.5, 0.6) is 0 Å². The van der Waals surface area contributed by atoms with Crippen LogP contribution in [0.3, 0.4) is 0 Å². The van der Waals surface area contributed by atoms with Gasteiger partial charge in [-0.25, -0.2) is 14.8 Å². The molecule has 0 aromatic carbocycles. The van der Waals surface area contributed by atoms with Gasteiger partial charge in [0, 0.05) is 44.8 Å². The number of piperazine rings is 1. The Labute approximate surface area is 199 Å². The van der Waals surface area contributed by atoms with Gasteiger partial charge in [-0.1, -0.05) is 5.92 Å².